The van der Waals surface area contributed by atoms with Crippen LogP contribution >= 0.6 is 11.8 Å². The lowest BCUT2D eigenvalue weighted by Gasteiger charge is -2.20. The van der Waals surface area contributed by atoms with Crippen LogP contribution in [0.2, 0.25) is 0 Å². The Labute approximate surface area is 205 Å². The fourth-order valence-corrected chi connectivity index (χ4v) is 4.54. The third-order valence-corrected chi connectivity index (χ3v) is 6.35. The smallest absolute Gasteiger partial charge is 0.251 e. The van der Waals surface area contributed by atoms with E-state index in [1.807, 2.05) is 31.4 Å². The Balaban J connectivity index is 1.68. The molecule has 4 aromatic rings. The highest BCUT2D eigenvalue weighted by Gasteiger charge is 2.24. The van der Waals surface area contributed by atoms with E-state index in [9.17, 15) is 13.6 Å². The molecular formula is C25H24F2N6OS. The quantitative estimate of drug-likeness (QED) is 0.370. The van der Waals surface area contributed by atoms with Gasteiger partial charge in [-0.25, -0.2) is 18.7 Å². The SMILES string of the molecule is CNC(=O)c1ccnc2c(C(CNc3cc(-c4ccc(C)nc4)ncn3)CSC)cc(F)c(F)c12. The lowest BCUT2D eigenvalue weighted by Crippen LogP contribution is -2.20. The van der Waals surface area contributed by atoms with Crippen LogP contribution in [-0.2, 0) is 0 Å². The lowest BCUT2D eigenvalue weighted by atomic mass is 9.95. The third-order valence-electron chi connectivity index (χ3n) is 5.62. The summed E-state index contributed by atoms with van der Waals surface area (Å²) in [7, 11) is 1.44. The number of benzene rings is 1. The maximum atomic E-state index is 14.8. The van der Waals surface area contributed by atoms with E-state index in [-0.39, 0.29) is 22.4 Å². The van der Waals surface area contributed by atoms with Crippen LogP contribution in [0.5, 0.6) is 0 Å². The number of hydrogen-bond donors (Lipinski definition) is 2. The molecule has 180 valence electrons. The highest BCUT2D eigenvalue weighted by molar-refractivity contribution is 7.98. The first kappa shape index (κ1) is 24.5. The van der Waals surface area contributed by atoms with Crippen molar-refractivity contribution < 1.29 is 13.6 Å². The Bertz CT molecular complexity index is 1370. The van der Waals surface area contributed by atoms with E-state index in [4.69, 9.17) is 0 Å². The van der Waals surface area contributed by atoms with E-state index in [0.29, 0.717) is 29.4 Å². The second-order valence-electron chi connectivity index (χ2n) is 7.93. The zero-order valence-electron chi connectivity index (χ0n) is 19.5. The fourth-order valence-electron chi connectivity index (χ4n) is 3.84. The standard InChI is InChI=1S/C25H24F2N6OS/c1-14-4-5-15(10-30-14)20-9-21(33-13-32-20)31-11-16(12-35-3)18-8-19(26)23(27)22-17(25(34)28-2)6-7-29-24(18)22/h4-10,13,16H,11-12H2,1-3H3,(H,28,34)(H,31,32,33). The van der Waals surface area contributed by atoms with E-state index >= 15 is 0 Å². The molecule has 0 saturated carbocycles. The van der Waals surface area contributed by atoms with Crippen molar-refractivity contribution in [2.24, 2.45) is 0 Å². The number of carbonyl (C=O) groups excluding carboxylic acids is 1. The maximum Gasteiger partial charge on any atom is 0.251 e. The minimum atomic E-state index is -1.08. The van der Waals surface area contributed by atoms with Gasteiger partial charge in [-0.1, -0.05) is 0 Å². The number of carbonyl (C=O) groups is 1. The summed E-state index contributed by atoms with van der Waals surface area (Å²) in [5.41, 5.74) is 3.31. The van der Waals surface area contributed by atoms with Crippen LogP contribution in [0.15, 0.2) is 49.1 Å². The zero-order valence-corrected chi connectivity index (χ0v) is 20.3. The number of thioether (sulfide) groups is 1. The van der Waals surface area contributed by atoms with Gasteiger partial charge < -0.3 is 10.6 Å². The average Bonchev–Trinajstić information content (AvgIpc) is 2.88. The molecule has 0 bridgehead atoms. The first-order valence-corrected chi connectivity index (χ1v) is 12.3. The van der Waals surface area contributed by atoms with E-state index in [2.05, 4.69) is 30.6 Å². The van der Waals surface area contributed by atoms with Crippen molar-refractivity contribution in [3.63, 3.8) is 0 Å². The lowest BCUT2D eigenvalue weighted by molar-refractivity contribution is 0.0964. The van der Waals surface area contributed by atoms with Crippen LogP contribution in [0, 0.1) is 18.6 Å². The summed E-state index contributed by atoms with van der Waals surface area (Å²) in [5, 5.41) is 5.64. The Hall–Kier alpha value is -3.66. The molecule has 1 atom stereocenters. The number of fused-ring (bicyclic) bond motifs is 1. The van der Waals surface area contributed by atoms with Crippen LogP contribution < -0.4 is 10.6 Å². The van der Waals surface area contributed by atoms with Gasteiger partial charge in [-0.2, -0.15) is 11.8 Å². The first-order chi connectivity index (χ1) is 16.9. The number of anilines is 1. The number of hydrogen-bond acceptors (Lipinski definition) is 7. The van der Waals surface area contributed by atoms with Crippen LogP contribution in [0.1, 0.15) is 27.5 Å². The Kier molecular flexibility index (Phi) is 7.50. The molecule has 1 amide bonds. The highest BCUT2D eigenvalue weighted by Crippen LogP contribution is 2.32. The molecule has 0 aliphatic carbocycles. The number of pyridine rings is 2. The maximum absolute atomic E-state index is 14.8. The molecule has 0 aliphatic heterocycles. The number of aryl methyl sites for hydroxylation is 1. The molecule has 0 radical (unpaired) electrons. The van der Waals surface area contributed by atoms with Crippen molar-refractivity contribution in [3.05, 3.63) is 77.5 Å². The molecule has 35 heavy (non-hydrogen) atoms. The predicted molar refractivity (Wildman–Crippen MR) is 135 cm³/mol. The minimum absolute atomic E-state index is 0.0405. The van der Waals surface area contributed by atoms with Crippen molar-refractivity contribution in [2.75, 3.05) is 30.9 Å². The van der Waals surface area contributed by atoms with Gasteiger partial charge in [0, 0.05) is 55.0 Å². The van der Waals surface area contributed by atoms with Crippen molar-refractivity contribution in [2.45, 2.75) is 12.8 Å². The number of rotatable bonds is 8. The summed E-state index contributed by atoms with van der Waals surface area (Å²) < 4.78 is 29.5. The number of nitrogens with one attached hydrogen (secondary N) is 2. The second-order valence-corrected chi connectivity index (χ2v) is 8.84. The van der Waals surface area contributed by atoms with Crippen molar-refractivity contribution >= 4 is 34.4 Å². The van der Waals surface area contributed by atoms with Crippen LogP contribution in [0.3, 0.4) is 0 Å². The third kappa shape index (κ3) is 5.22. The molecule has 3 heterocycles. The molecule has 4 rings (SSSR count). The normalized spacial score (nSPS) is 11.9. The van der Waals surface area contributed by atoms with Gasteiger partial charge in [-0.15, -0.1) is 0 Å². The van der Waals surface area contributed by atoms with Crippen LogP contribution in [0.25, 0.3) is 22.2 Å². The fraction of sp³-hybridized carbons (Fsp3) is 0.240. The molecular weight excluding hydrogens is 470 g/mol. The molecule has 3 aromatic heterocycles. The molecule has 1 unspecified atom stereocenters. The van der Waals surface area contributed by atoms with E-state index in [1.54, 1.807) is 18.0 Å². The van der Waals surface area contributed by atoms with Crippen molar-refractivity contribution in [3.8, 4) is 11.3 Å². The summed E-state index contributed by atoms with van der Waals surface area (Å²) >= 11 is 1.57. The molecule has 0 saturated heterocycles. The molecule has 0 aliphatic rings. The summed E-state index contributed by atoms with van der Waals surface area (Å²) in [5.74, 6) is -1.65. The van der Waals surface area contributed by atoms with E-state index in [0.717, 1.165) is 11.3 Å². The van der Waals surface area contributed by atoms with Gasteiger partial charge in [-0.05, 0) is 43.0 Å². The highest BCUT2D eigenvalue weighted by atomic mass is 32.2. The van der Waals surface area contributed by atoms with Gasteiger partial charge in [0.05, 0.1) is 22.2 Å². The average molecular weight is 495 g/mol. The molecule has 7 nitrogen and oxygen atoms in total. The van der Waals surface area contributed by atoms with Crippen molar-refractivity contribution in [1.82, 2.24) is 25.3 Å². The topological polar surface area (TPSA) is 92.7 Å². The second kappa shape index (κ2) is 10.7. The summed E-state index contributed by atoms with van der Waals surface area (Å²) in [6.07, 6.45) is 6.58. The van der Waals surface area contributed by atoms with Gasteiger partial charge in [0.1, 0.15) is 12.1 Å². The minimum Gasteiger partial charge on any atom is -0.369 e. The predicted octanol–water partition coefficient (Wildman–Crippen LogP) is 4.59. The zero-order chi connectivity index (χ0) is 24.9. The summed E-state index contributed by atoms with van der Waals surface area (Å²) in [6, 6.07) is 8.22. The first-order valence-electron chi connectivity index (χ1n) is 10.9. The molecule has 10 heteroatoms. The van der Waals surface area contributed by atoms with Gasteiger partial charge in [0.15, 0.2) is 11.6 Å². The van der Waals surface area contributed by atoms with Crippen LogP contribution in [-0.4, -0.2) is 51.4 Å². The molecule has 1 aromatic carbocycles. The number of aromatic nitrogens is 4. The van der Waals surface area contributed by atoms with Crippen LogP contribution in [0.4, 0.5) is 14.6 Å². The number of halogens is 2. The number of nitrogens with zero attached hydrogens (tertiary/aromatic N) is 4. The molecule has 2 N–H and O–H groups in total. The Morgan fingerprint density at radius 3 is 2.66 bits per heavy atom. The van der Waals surface area contributed by atoms with Gasteiger partial charge in [0.2, 0.25) is 0 Å². The summed E-state index contributed by atoms with van der Waals surface area (Å²) in [4.78, 5) is 29.6. The molecule has 0 fully saturated rings. The van der Waals surface area contributed by atoms with E-state index < -0.39 is 17.5 Å². The monoisotopic (exact) mass is 494 g/mol. The van der Waals surface area contributed by atoms with Crippen molar-refractivity contribution in [1.29, 1.82) is 0 Å². The van der Waals surface area contributed by atoms with Gasteiger partial charge in [-0.3, -0.25) is 14.8 Å². The largest absolute Gasteiger partial charge is 0.369 e. The summed E-state index contributed by atoms with van der Waals surface area (Å²) in [6.45, 7) is 2.30. The Morgan fingerprint density at radius 1 is 1.11 bits per heavy atom. The van der Waals surface area contributed by atoms with Gasteiger partial charge in [0.25, 0.3) is 5.91 Å². The van der Waals surface area contributed by atoms with E-state index in [1.165, 1.54) is 31.7 Å². The van der Waals surface area contributed by atoms with Gasteiger partial charge >= 0.3 is 0 Å². The molecule has 0 spiro atoms. The Morgan fingerprint density at radius 2 is 1.94 bits per heavy atom. The number of amides is 1.